The minimum atomic E-state index is -1.70. The molecule has 166 valence electrons. The molecule has 32 heavy (non-hydrogen) atoms. The Morgan fingerprint density at radius 2 is 1.72 bits per heavy atom. The Labute approximate surface area is 189 Å². The third-order valence-corrected chi connectivity index (χ3v) is 5.54. The quantitative estimate of drug-likeness (QED) is 0.503. The lowest BCUT2D eigenvalue weighted by Crippen LogP contribution is -2.53. The number of amides is 1. The molecule has 1 atom stereocenters. The standard InChI is InChI=1S/C23H22ClFN4O3/c1-22(2,3)23(21(31)32,13-8-5-4-6-9-13)27-17-12-16(28-29-19(17)20(26)30)18-14(24)10-7-11-15(18)25/h4-12H,1-3H3,(H2,26,30)(H,27,28)(H,31,32). The zero-order chi connectivity index (χ0) is 23.7. The van der Waals surface area contributed by atoms with Gasteiger partial charge in [0.2, 0.25) is 0 Å². The van der Waals surface area contributed by atoms with Crippen LogP contribution in [0.5, 0.6) is 0 Å². The fraction of sp³-hybridized carbons (Fsp3) is 0.217. The zero-order valence-corrected chi connectivity index (χ0v) is 18.4. The number of rotatable bonds is 6. The lowest BCUT2D eigenvalue weighted by atomic mass is 9.69. The number of halogens is 2. The van der Waals surface area contributed by atoms with Crippen molar-refractivity contribution in [2.75, 3.05) is 5.32 Å². The minimum absolute atomic E-state index is 0.0111. The summed E-state index contributed by atoms with van der Waals surface area (Å²) in [7, 11) is 0. The normalized spacial score (nSPS) is 13.3. The first-order valence-electron chi connectivity index (χ1n) is 9.68. The fourth-order valence-electron chi connectivity index (χ4n) is 3.61. The number of anilines is 1. The van der Waals surface area contributed by atoms with Crippen LogP contribution < -0.4 is 11.1 Å². The van der Waals surface area contributed by atoms with Gasteiger partial charge in [-0.05, 0) is 23.8 Å². The SMILES string of the molecule is CC(C)(C)C(Nc1cc(-c2c(F)cccc2Cl)nnc1C(N)=O)(C(=O)O)c1ccccc1. The summed E-state index contributed by atoms with van der Waals surface area (Å²) in [5.41, 5.74) is 3.02. The van der Waals surface area contributed by atoms with Gasteiger partial charge < -0.3 is 16.2 Å². The van der Waals surface area contributed by atoms with E-state index in [1.165, 1.54) is 24.3 Å². The van der Waals surface area contributed by atoms with E-state index < -0.39 is 28.6 Å². The Bertz CT molecular complexity index is 1160. The highest BCUT2D eigenvalue weighted by Gasteiger charge is 2.51. The van der Waals surface area contributed by atoms with Crippen molar-refractivity contribution >= 4 is 29.2 Å². The van der Waals surface area contributed by atoms with Crippen molar-refractivity contribution in [3.05, 3.63) is 76.7 Å². The number of benzene rings is 2. The molecule has 0 spiro atoms. The summed E-state index contributed by atoms with van der Waals surface area (Å²) in [6.07, 6.45) is 0. The van der Waals surface area contributed by atoms with Gasteiger partial charge in [-0.1, -0.05) is 68.8 Å². The number of primary amides is 1. The number of nitrogens with one attached hydrogen (secondary N) is 1. The van der Waals surface area contributed by atoms with E-state index in [1.807, 2.05) is 0 Å². The summed E-state index contributed by atoms with van der Waals surface area (Å²) in [6.45, 7) is 5.23. The van der Waals surface area contributed by atoms with Crippen molar-refractivity contribution in [1.29, 1.82) is 0 Å². The second kappa shape index (κ2) is 8.55. The number of hydrogen-bond donors (Lipinski definition) is 3. The lowest BCUT2D eigenvalue weighted by Gasteiger charge is -2.43. The van der Waals surface area contributed by atoms with Gasteiger partial charge in [0.05, 0.1) is 22.0 Å². The molecule has 1 heterocycles. The van der Waals surface area contributed by atoms with Gasteiger partial charge in [-0.3, -0.25) is 4.79 Å². The molecule has 0 radical (unpaired) electrons. The Hall–Kier alpha value is -3.52. The number of carbonyl (C=O) groups excluding carboxylic acids is 1. The number of carbonyl (C=O) groups is 2. The molecular formula is C23H22ClFN4O3. The maximum atomic E-state index is 14.5. The summed E-state index contributed by atoms with van der Waals surface area (Å²) in [5.74, 6) is -2.76. The average molecular weight is 457 g/mol. The number of carboxylic acids is 1. The van der Waals surface area contributed by atoms with E-state index in [1.54, 1.807) is 51.1 Å². The van der Waals surface area contributed by atoms with E-state index in [-0.39, 0.29) is 27.7 Å². The highest BCUT2D eigenvalue weighted by molar-refractivity contribution is 6.33. The van der Waals surface area contributed by atoms with Gasteiger partial charge in [0, 0.05) is 5.41 Å². The summed E-state index contributed by atoms with van der Waals surface area (Å²) in [6, 6.07) is 14.0. The second-order valence-corrected chi connectivity index (χ2v) is 8.66. The van der Waals surface area contributed by atoms with Crippen LogP contribution in [0.15, 0.2) is 54.6 Å². The summed E-state index contributed by atoms with van der Waals surface area (Å²) in [4.78, 5) is 24.8. The van der Waals surface area contributed by atoms with Crippen LogP contribution in [0, 0.1) is 11.2 Å². The first kappa shape index (κ1) is 23.1. The molecule has 3 rings (SSSR count). The summed E-state index contributed by atoms with van der Waals surface area (Å²) in [5, 5.41) is 21.2. The molecule has 0 aliphatic carbocycles. The van der Waals surface area contributed by atoms with E-state index in [4.69, 9.17) is 17.3 Å². The summed E-state index contributed by atoms with van der Waals surface area (Å²) < 4.78 is 14.5. The highest BCUT2D eigenvalue weighted by atomic mass is 35.5. The van der Waals surface area contributed by atoms with E-state index in [2.05, 4.69) is 15.5 Å². The first-order valence-corrected chi connectivity index (χ1v) is 10.1. The smallest absolute Gasteiger partial charge is 0.334 e. The number of aromatic nitrogens is 2. The van der Waals surface area contributed by atoms with Crippen LogP contribution in [-0.2, 0) is 10.3 Å². The predicted molar refractivity (Wildman–Crippen MR) is 120 cm³/mol. The van der Waals surface area contributed by atoms with Crippen molar-refractivity contribution in [2.24, 2.45) is 11.1 Å². The number of carboxylic acid groups (broad SMARTS) is 1. The van der Waals surface area contributed by atoms with Gasteiger partial charge in [0.25, 0.3) is 5.91 Å². The third kappa shape index (κ3) is 4.01. The fourth-order valence-corrected chi connectivity index (χ4v) is 3.87. The van der Waals surface area contributed by atoms with Crippen molar-refractivity contribution in [3.63, 3.8) is 0 Å². The van der Waals surface area contributed by atoms with Crippen LogP contribution in [0.1, 0.15) is 36.8 Å². The molecule has 1 aromatic heterocycles. The number of nitrogens with two attached hydrogens (primary N) is 1. The molecule has 1 unspecified atom stereocenters. The zero-order valence-electron chi connectivity index (χ0n) is 17.7. The molecule has 1 amide bonds. The van der Waals surface area contributed by atoms with Crippen LogP contribution >= 0.6 is 11.6 Å². The Morgan fingerprint density at radius 3 is 2.25 bits per heavy atom. The van der Waals surface area contributed by atoms with Crippen LogP contribution in [0.4, 0.5) is 10.1 Å². The molecule has 0 fully saturated rings. The second-order valence-electron chi connectivity index (χ2n) is 8.25. The van der Waals surface area contributed by atoms with E-state index in [0.717, 1.165) is 0 Å². The predicted octanol–water partition coefficient (Wildman–Crippen LogP) is 4.47. The maximum absolute atomic E-state index is 14.5. The van der Waals surface area contributed by atoms with Crippen molar-refractivity contribution in [1.82, 2.24) is 10.2 Å². The molecule has 7 nitrogen and oxygen atoms in total. The van der Waals surface area contributed by atoms with E-state index in [9.17, 15) is 19.1 Å². The molecule has 3 aromatic rings. The number of aliphatic carboxylic acids is 1. The van der Waals surface area contributed by atoms with Gasteiger partial charge in [-0.15, -0.1) is 10.2 Å². The molecule has 0 bridgehead atoms. The molecule has 2 aromatic carbocycles. The van der Waals surface area contributed by atoms with E-state index in [0.29, 0.717) is 5.56 Å². The largest absolute Gasteiger partial charge is 0.479 e. The maximum Gasteiger partial charge on any atom is 0.334 e. The topological polar surface area (TPSA) is 118 Å². The number of hydrogen-bond acceptors (Lipinski definition) is 5. The Balaban J connectivity index is 2.29. The van der Waals surface area contributed by atoms with Crippen molar-refractivity contribution in [3.8, 4) is 11.3 Å². The molecule has 9 heteroatoms. The molecular weight excluding hydrogens is 435 g/mol. The molecule has 0 saturated heterocycles. The van der Waals surface area contributed by atoms with E-state index >= 15 is 0 Å². The van der Waals surface area contributed by atoms with Crippen LogP contribution in [-0.4, -0.2) is 27.2 Å². The van der Waals surface area contributed by atoms with Gasteiger partial charge in [-0.25, -0.2) is 9.18 Å². The highest BCUT2D eigenvalue weighted by Crippen LogP contribution is 2.43. The van der Waals surface area contributed by atoms with Gasteiger partial charge in [-0.2, -0.15) is 0 Å². The van der Waals surface area contributed by atoms with Gasteiger partial charge >= 0.3 is 5.97 Å². The monoisotopic (exact) mass is 456 g/mol. The van der Waals surface area contributed by atoms with Gasteiger partial charge in [0.1, 0.15) is 5.82 Å². The average Bonchev–Trinajstić information content (AvgIpc) is 2.71. The third-order valence-electron chi connectivity index (χ3n) is 5.22. The van der Waals surface area contributed by atoms with Crippen molar-refractivity contribution < 1.29 is 19.1 Å². The van der Waals surface area contributed by atoms with Gasteiger partial charge in [0.15, 0.2) is 11.2 Å². The minimum Gasteiger partial charge on any atom is -0.479 e. The first-order chi connectivity index (χ1) is 15.0. The Morgan fingerprint density at radius 1 is 1.06 bits per heavy atom. The molecule has 4 N–H and O–H groups in total. The van der Waals surface area contributed by atoms with Crippen molar-refractivity contribution in [2.45, 2.75) is 26.3 Å². The van der Waals surface area contributed by atoms with Crippen LogP contribution in [0.3, 0.4) is 0 Å². The Kier molecular flexibility index (Phi) is 6.18. The summed E-state index contributed by atoms with van der Waals surface area (Å²) >= 11 is 6.16. The van der Waals surface area contributed by atoms with Crippen LogP contribution in [0.2, 0.25) is 5.02 Å². The number of nitrogens with zero attached hydrogens (tertiary/aromatic N) is 2. The molecule has 0 aliphatic rings. The molecule has 0 saturated carbocycles. The molecule has 0 aliphatic heterocycles. The lowest BCUT2D eigenvalue weighted by molar-refractivity contribution is -0.146. The van der Waals surface area contributed by atoms with Crippen LogP contribution in [0.25, 0.3) is 11.3 Å².